The third-order valence-electron chi connectivity index (χ3n) is 2.60. The molecular weight excluding hydrogens is 192 g/mol. The lowest BCUT2D eigenvalue weighted by molar-refractivity contribution is 1.50. The second-order valence-corrected chi connectivity index (χ2v) is 3.76. The molecule has 2 aromatic carbocycles. The van der Waals surface area contributed by atoms with Crippen molar-refractivity contribution in [2.24, 2.45) is 0 Å². The molecule has 0 radical (unpaired) electrons. The highest BCUT2D eigenvalue weighted by Gasteiger charge is 2.02. The maximum Gasteiger partial charge on any atom is -0.0106 e. The van der Waals surface area contributed by atoms with Gasteiger partial charge in [-0.2, -0.15) is 0 Å². The zero-order chi connectivity index (χ0) is 12.1. The summed E-state index contributed by atoms with van der Waals surface area (Å²) in [6, 6.07) is 12.8. The molecular formula is C16H20. The Morgan fingerprint density at radius 2 is 1.50 bits per heavy atom. The van der Waals surface area contributed by atoms with Crippen molar-refractivity contribution in [3.8, 4) is 0 Å². The van der Waals surface area contributed by atoms with Crippen molar-refractivity contribution in [2.75, 3.05) is 0 Å². The van der Waals surface area contributed by atoms with Gasteiger partial charge in [-0.1, -0.05) is 62.4 Å². The monoisotopic (exact) mass is 212 g/mol. The number of hydrogen-bond donors (Lipinski definition) is 0. The van der Waals surface area contributed by atoms with Crippen LogP contribution in [-0.4, -0.2) is 0 Å². The van der Waals surface area contributed by atoms with Gasteiger partial charge in [-0.25, -0.2) is 0 Å². The molecule has 0 fully saturated rings. The van der Waals surface area contributed by atoms with E-state index in [2.05, 4.69) is 56.8 Å². The van der Waals surface area contributed by atoms with E-state index in [9.17, 15) is 0 Å². The number of rotatable bonds is 1. The molecule has 2 rings (SSSR count). The average molecular weight is 212 g/mol. The molecule has 0 aromatic heterocycles. The number of hydrogen-bond acceptors (Lipinski definition) is 0. The van der Waals surface area contributed by atoms with Crippen LogP contribution in [-0.2, 0) is 0 Å². The second-order valence-electron chi connectivity index (χ2n) is 3.76. The molecule has 0 heterocycles. The Hall–Kier alpha value is -1.56. The van der Waals surface area contributed by atoms with Gasteiger partial charge in [0.1, 0.15) is 0 Å². The molecule has 16 heavy (non-hydrogen) atoms. The van der Waals surface area contributed by atoms with Crippen LogP contribution in [0.3, 0.4) is 0 Å². The molecule has 84 valence electrons. The fourth-order valence-electron chi connectivity index (χ4n) is 1.82. The zero-order valence-electron chi connectivity index (χ0n) is 10.7. The molecule has 0 saturated heterocycles. The van der Waals surface area contributed by atoms with Crippen LogP contribution in [0.25, 0.3) is 16.3 Å². The summed E-state index contributed by atoms with van der Waals surface area (Å²) in [4.78, 5) is 0. The number of aryl methyl sites for hydroxylation is 1. The van der Waals surface area contributed by atoms with Gasteiger partial charge in [0.2, 0.25) is 0 Å². The summed E-state index contributed by atoms with van der Waals surface area (Å²) in [5.74, 6) is 0. The molecule has 0 saturated carbocycles. The van der Waals surface area contributed by atoms with E-state index in [0.717, 1.165) is 5.57 Å². The molecule has 0 atom stereocenters. The highest BCUT2D eigenvalue weighted by Crippen LogP contribution is 2.26. The van der Waals surface area contributed by atoms with Gasteiger partial charge in [0, 0.05) is 0 Å². The van der Waals surface area contributed by atoms with Crippen LogP contribution in [0.2, 0.25) is 0 Å². The molecule has 0 nitrogen and oxygen atoms in total. The smallest absolute Gasteiger partial charge is 0.0106 e. The lowest BCUT2D eigenvalue weighted by atomic mass is 9.97. The van der Waals surface area contributed by atoms with Crippen molar-refractivity contribution in [2.45, 2.75) is 27.7 Å². The van der Waals surface area contributed by atoms with Gasteiger partial charge in [-0.3, -0.25) is 0 Å². The van der Waals surface area contributed by atoms with Crippen molar-refractivity contribution < 1.29 is 0 Å². The highest BCUT2D eigenvalue weighted by atomic mass is 14.1. The molecule has 2 aromatic rings. The maximum absolute atomic E-state index is 4.01. The van der Waals surface area contributed by atoms with Gasteiger partial charge >= 0.3 is 0 Å². The Kier molecular flexibility index (Phi) is 4.30. The second kappa shape index (κ2) is 5.50. The summed E-state index contributed by atoms with van der Waals surface area (Å²) in [5, 5.41) is 2.63. The van der Waals surface area contributed by atoms with Crippen LogP contribution < -0.4 is 0 Å². The Balaban J connectivity index is 0.000000606. The number of benzene rings is 2. The normalized spacial score (nSPS) is 9.50. The van der Waals surface area contributed by atoms with Crippen LogP contribution in [0.4, 0.5) is 0 Å². The Morgan fingerprint density at radius 1 is 0.938 bits per heavy atom. The van der Waals surface area contributed by atoms with E-state index in [1.165, 1.54) is 21.9 Å². The quantitative estimate of drug-likeness (QED) is 0.609. The number of allylic oxidation sites excluding steroid dienone is 1. The molecule has 0 N–H and O–H groups in total. The summed E-state index contributed by atoms with van der Waals surface area (Å²) in [6.45, 7) is 12.2. The van der Waals surface area contributed by atoms with Crippen molar-refractivity contribution >= 4 is 16.3 Å². The highest BCUT2D eigenvalue weighted by molar-refractivity contribution is 5.94. The third-order valence-corrected chi connectivity index (χ3v) is 2.60. The fraction of sp³-hybridized carbons (Fsp3) is 0.250. The topological polar surface area (TPSA) is 0 Å². The van der Waals surface area contributed by atoms with E-state index in [1.807, 2.05) is 13.8 Å². The molecule has 0 unspecified atom stereocenters. The van der Waals surface area contributed by atoms with Crippen molar-refractivity contribution in [1.82, 2.24) is 0 Å². The van der Waals surface area contributed by atoms with Crippen LogP contribution in [0, 0.1) is 6.92 Å². The van der Waals surface area contributed by atoms with Gasteiger partial charge < -0.3 is 0 Å². The molecule has 0 aliphatic rings. The molecule has 0 heteroatoms. The van der Waals surface area contributed by atoms with Crippen molar-refractivity contribution in [3.63, 3.8) is 0 Å². The standard InChI is InChI=1S/C14H14.C2H6/c1-10(2)12-9-8-11(3)13-6-4-5-7-14(12)13;1-2/h4-9H,1H2,2-3H3;1-2H3. The Bertz CT molecular complexity index is 492. The maximum atomic E-state index is 4.01. The summed E-state index contributed by atoms with van der Waals surface area (Å²) >= 11 is 0. The van der Waals surface area contributed by atoms with Crippen LogP contribution in [0.1, 0.15) is 31.9 Å². The molecule has 0 bridgehead atoms. The van der Waals surface area contributed by atoms with E-state index in [0.29, 0.717) is 0 Å². The molecule has 0 amide bonds. The van der Waals surface area contributed by atoms with Gasteiger partial charge in [0.15, 0.2) is 0 Å². The van der Waals surface area contributed by atoms with E-state index < -0.39 is 0 Å². The first-order chi connectivity index (χ1) is 7.70. The van der Waals surface area contributed by atoms with Crippen LogP contribution >= 0.6 is 0 Å². The minimum atomic E-state index is 1.13. The van der Waals surface area contributed by atoms with Crippen LogP contribution in [0.15, 0.2) is 43.0 Å². The van der Waals surface area contributed by atoms with Crippen molar-refractivity contribution in [3.05, 3.63) is 54.1 Å². The Morgan fingerprint density at radius 3 is 2.06 bits per heavy atom. The Labute approximate surface area is 98.6 Å². The summed E-state index contributed by atoms with van der Waals surface area (Å²) in [6.07, 6.45) is 0. The largest absolute Gasteiger partial charge is 0.0955 e. The summed E-state index contributed by atoms with van der Waals surface area (Å²) in [7, 11) is 0. The SMILES string of the molecule is C=C(C)c1ccc(C)c2ccccc12.CC. The van der Waals surface area contributed by atoms with E-state index >= 15 is 0 Å². The minimum Gasteiger partial charge on any atom is -0.0955 e. The lowest BCUT2D eigenvalue weighted by Crippen LogP contribution is -1.84. The first kappa shape index (κ1) is 12.5. The van der Waals surface area contributed by atoms with Gasteiger partial charge in [0.25, 0.3) is 0 Å². The van der Waals surface area contributed by atoms with Gasteiger partial charge in [0.05, 0.1) is 0 Å². The molecule has 0 spiro atoms. The van der Waals surface area contributed by atoms with E-state index in [1.54, 1.807) is 0 Å². The predicted octanol–water partition coefficient (Wildman–Crippen LogP) is 5.21. The third kappa shape index (κ3) is 2.33. The van der Waals surface area contributed by atoms with E-state index in [-0.39, 0.29) is 0 Å². The number of fused-ring (bicyclic) bond motifs is 1. The van der Waals surface area contributed by atoms with Crippen molar-refractivity contribution in [1.29, 1.82) is 0 Å². The first-order valence-electron chi connectivity index (χ1n) is 5.84. The zero-order valence-corrected chi connectivity index (χ0v) is 10.7. The van der Waals surface area contributed by atoms with Gasteiger partial charge in [-0.15, -0.1) is 0 Å². The minimum absolute atomic E-state index is 1.13. The summed E-state index contributed by atoms with van der Waals surface area (Å²) in [5.41, 5.74) is 3.71. The van der Waals surface area contributed by atoms with Crippen LogP contribution in [0.5, 0.6) is 0 Å². The first-order valence-corrected chi connectivity index (χ1v) is 5.84. The van der Waals surface area contributed by atoms with Gasteiger partial charge in [-0.05, 0) is 35.7 Å². The predicted molar refractivity (Wildman–Crippen MR) is 74.7 cm³/mol. The molecule has 0 aliphatic carbocycles. The lowest BCUT2D eigenvalue weighted by Gasteiger charge is -2.08. The van der Waals surface area contributed by atoms with E-state index in [4.69, 9.17) is 0 Å². The summed E-state index contributed by atoms with van der Waals surface area (Å²) < 4.78 is 0. The average Bonchev–Trinajstić information content (AvgIpc) is 2.32. The molecule has 0 aliphatic heterocycles. The fourth-order valence-corrected chi connectivity index (χ4v) is 1.82.